The van der Waals surface area contributed by atoms with Gasteiger partial charge in [0.05, 0.1) is 0 Å². The molecule has 0 saturated heterocycles. The second kappa shape index (κ2) is 67.3. The van der Waals surface area contributed by atoms with Crippen molar-refractivity contribution in [1.29, 1.82) is 0 Å². The third kappa shape index (κ3) is 65.5. The fourth-order valence-corrected chi connectivity index (χ4v) is 8.40. The maximum Gasteiger partial charge on any atom is 0.306 e. The van der Waals surface area contributed by atoms with Gasteiger partial charge >= 0.3 is 17.9 Å². The molecule has 0 aromatic carbocycles. The van der Waals surface area contributed by atoms with Crippen LogP contribution in [0.1, 0.15) is 265 Å². The van der Waals surface area contributed by atoms with E-state index < -0.39 is 6.10 Å². The molecule has 0 rings (SSSR count). The van der Waals surface area contributed by atoms with Gasteiger partial charge in [-0.25, -0.2) is 0 Å². The van der Waals surface area contributed by atoms with Crippen molar-refractivity contribution in [1.82, 2.24) is 0 Å². The van der Waals surface area contributed by atoms with Crippen molar-refractivity contribution in [3.63, 3.8) is 0 Å². The number of hydrogen-bond acceptors (Lipinski definition) is 6. The zero-order chi connectivity index (χ0) is 58.5. The molecule has 0 aliphatic heterocycles. The molecule has 1 atom stereocenters. The molecule has 0 N–H and O–H groups in total. The lowest BCUT2D eigenvalue weighted by molar-refractivity contribution is -0.167. The summed E-state index contributed by atoms with van der Waals surface area (Å²) in [5, 5.41) is 0. The van der Waals surface area contributed by atoms with E-state index >= 15 is 0 Å². The van der Waals surface area contributed by atoms with E-state index in [9.17, 15) is 14.4 Å². The van der Waals surface area contributed by atoms with Crippen molar-refractivity contribution >= 4 is 17.9 Å². The van der Waals surface area contributed by atoms with Crippen LogP contribution >= 0.6 is 0 Å². The van der Waals surface area contributed by atoms with Gasteiger partial charge < -0.3 is 14.2 Å². The average Bonchev–Trinajstić information content (AvgIpc) is 3.47. The second-order valence-corrected chi connectivity index (χ2v) is 20.9. The summed E-state index contributed by atoms with van der Waals surface area (Å²) in [6, 6.07) is 0. The van der Waals surface area contributed by atoms with E-state index in [1.165, 1.54) is 57.8 Å². The van der Waals surface area contributed by atoms with Crippen LogP contribution in [0.3, 0.4) is 0 Å². The van der Waals surface area contributed by atoms with Gasteiger partial charge in [0.15, 0.2) is 6.10 Å². The summed E-state index contributed by atoms with van der Waals surface area (Å²) >= 11 is 0. The van der Waals surface area contributed by atoms with E-state index in [4.69, 9.17) is 14.2 Å². The number of carbonyl (C=O) groups excluding carboxylic acids is 3. The standard InChI is InChI=1S/C75H118O6/c1-4-7-10-13-16-18-20-22-24-26-28-30-32-33-34-35-36-37-38-39-40-41-43-44-46-48-50-52-54-56-59-62-65-68-74(77)80-71-72(70-79-73(76)67-64-61-58-15-12-9-6-3)81-75(78)69-66-63-60-57-55-53-51-49-47-45-42-31-29-27-25-23-21-19-17-14-11-8-5-2/h7-8,10-11,16-19,22-25,28-31,33-34,36-37,39-40,43-45,47,51,53,72H,4-6,9,12-15,20-21,26-27,32,35,38,41-42,46,48-50,52,54-71H2,1-3H3/b10-7-,11-8-,18-16-,19-17-,24-22-,25-23-,30-28-,31-29-,34-33-,37-36-,40-39-,44-43-,47-45-,53-51-. The smallest absolute Gasteiger partial charge is 0.306 e. The minimum atomic E-state index is -0.801. The first-order valence-corrected chi connectivity index (χ1v) is 32.6. The molecule has 81 heavy (non-hydrogen) atoms. The average molecular weight is 1120 g/mol. The number of unbranched alkanes of at least 4 members (excludes halogenated alkanes) is 18. The molecular weight excluding hydrogens is 997 g/mol. The summed E-state index contributed by atoms with van der Waals surface area (Å²) in [6.07, 6.45) is 99.5. The Bertz CT molecular complexity index is 1860. The van der Waals surface area contributed by atoms with Crippen molar-refractivity contribution in [2.24, 2.45) is 0 Å². The van der Waals surface area contributed by atoms with E-state index in [-0.39, 0.29) is 31.1 Å². The number of esters is 3. The number of hydrogen-bond donors (Lipinski definition) is 0. The molecular formula is C75H118O6. The maximum absolute atomic E-state index is 12.9. The highest BCUT2D eigenvalue weighted by molar-refractivity contribution is 5.71. The lowest BCUT2D eigenvalue weighted by Crippen LogP contribution is -2.30. The lowest BCUT2D eigenvalue weighted by Gasteiger charge is -2.18. The summed E-state index contributed by atoms with van der Waals surface area (Å²) in [6.45, 7) is 6.33. The first kappa shape index (κ1) is 75.8. The molecule has 6 heteroatoms. The molecule has 0 amide bonds. The Morgan fingerprint density at radius 1 is 0.259 bits per heavy atom. The van der Waals surface area contributed by atoms with Crippen LogP contribution in [-0.2, 0) is 28.6 Å². The zero-order valence-corrected chi connectivity index (χ0v) is 52.0. The van der Waals surface area contributed by atoms with Crippen LogP contribution in [0.2, 0.25) is 0 Å². The van der Waals surface area contributed by atoms with Gasteiger partial charge in [-0.15, -0.1) is 0 Å². The van der Waals surface area contributed by atoms with Crippen LogP contribution in [0.25, 0.3) is 0 Å². The normalized spacial score (nSPS) is 13.3. The first-order chi connectivity index (χ1) is 40.0. The predicted molar refractivity (Wildman–Crippen MR) is 352 cm³/mol. The molecule has 454 valence electrons. The highest BCUT2D eigenvalue weighted by Gasteiger charge is 2.19. The third-order valence-electron chi connectivity index (χ3n) is 13.2. The van der Waals surface area contributed by atoms with Gasteiger partial charge in [0, 0.05) is 19.3 Å². The molecule has 0 heterocycles. The van der Waals surface area contributed by atoms with Crippen LogP contribution in [0.4, 0.5) is 0 Å². The zero-order valence-electron chi connectivity index (χ0n) is 52.0. The second-order valence-electron chi connectivity index (χ2n) is 20.9. The molecule has 6 nitrogen and oxygen atoms in total. The Morgan fingerprint density at radius 3 is 0.753 bits per heavy atom. The minimum absolute atomic E-state index is 0.0970. The van der Waals surface area contributed by atoms with Gasteiger partial charge in [0.25, 0.3) is 0 Å². The summed E-state index contributed by atoms with van der Waals surface area (Å²) < 4.78 is 16.8. The Balaban J connectivity index is 4.23. The Morgan fingerprint density at radius 2 is 0.481 bits per heavy atom. The monoisotopic (exact) mass is 1110 g/mol. The summed E-state index contributed by atoms with van der Waals surface area (Å²) in [5.41, 5.74) is 0. The Labute approximate surface area is 498 Å². The quantitative estimate of drug-likeness (QED) is 0.0261. The molecule has 0 aromatic heterocycles. The number of carbonyl (C=O) groups is 3. The topological polar surface area (TPSA) is 78.9 Å². The SMILES string of the molecule is CC/C=C\C/C=C\C/C=C\C/C=C\C/C=C\C/C=C\C/C=C\C/C=C\CCCCCCCCCCC(=O)OCC(COC(=O)CCCCCCCCC)OC(=O)CCCCCC/C=C\C/C=C\C/C=C\C/C=C\C/C=C\C/C=C\CC. The highest BCUT2D eigenvalue weighted by Crippen LogP contribution is 2.14. The van der Waals surface area contributed by atoms with Gasteiger partial charge in [-0.05, 0) is 135 Å². The van der Waals surface area contributed by atoms with E-state index in [0.29, 0.717) is 19.3 Å². The molecule has 0 aromatic rings. The molecule has 0 aliphatic carbocycles. The molecule has 0 radical (unpaired) electrons. The van der Waals surface area contributed by atoms with Crippen LogP contribution in [0.5, 0.6) is 0 Å². The Kier molecular flexibility index (Phi) is 62.9. The van der Waals surface area contributed by atoms with Crippen molar-refractivity contribution in [3.8, 4) is 0 Å². The number of rotatable bonds is 57. The van der Waals surface area contributed by atoms with Crippen LogP contribution in [-0.4, -0.2) is 37.2 Å². The van der Waals surface area contributed by atoms with Crippen molar-refractivity contribution < 1.29 is 28.6 Å². The Hall–Kier alpha value is -5.23. The predicted octanol–water partition coefficient (Wildman–Crippen LogP) is 22.7. The fourth-order valence-electron chi connectivity index (χ4n) is 8.40. The van der Waals surface area contributed by atoms with Crippen LogP contribution < -0.4 is 0 Å². The van der Waals surface area contributed by atoms with E-state index in [1.807, 2.05) is 0 Å². The number of allylic oxidation sites excluding steroid dienone is 28. The van der Waals surface area contributed by atoms with Gasteiger partial charge in [-0.1, -0.05) is 281 Å². The van der Waals surface area contributed by atoms with E-state index in [1.54, 1.807) is 0 Å². The van der Waals surface area contributed by atoms with Gasteiger partial charge in [0.1, 0.15) is 13.2 Å². The van der Waals surface area contributed by atoms with Gasteiger partial charge in [-0.3, -0.25) is 14.4 Å². The van der Waals surface area contributed by atoms with Crippen molar-refractivity contribution in [2.45, 2.75) is 271 Å². The molecule has 0 fully saturated rings. The fraction of sp³-hybridized carbons (Fsp3) is 0.587. The van der Waals surface area contributed by atoms with Gasteiger partial charge in [-0.2, -0.15) is 0 Å². The molecule has 0 saturated carbocycles. The van der Waals surface area contributed by atoms with Crippen molar-refractivity contribution in [3.05, 3.63) is 170 Å². The summed E-state index contributed by atoms with van der Waals surface area (Å²) in [5.74, 6) is -0.943. The molecule has 0 bridgehead atoms. The molecule has 1 unspecified atom stereocenters. The molecule has 0 aliphatic rings. The largest absolute Gasteiger partial charge is 0.462 e. The first-order valence-electron chi connectivity index (χ1n) is 32.6. The summed E-state index contributed by atoms with van der Waals surface area (Å²) in [7, 11) is 0. The third-order valence-corrected chi connectivity index (χ3v) is 13.2. The maximum atomic E-state index is 12.9. The summed E-state index contributed by atoms with van der Waals surface area (Å²) in [4.78, 5) is 38.1. The van der Waals surface area contributed by atoms with Crippen LogP contribution in [0.15, 0.2) is 170 Å². The van der Waals surface area contributed by atoms with Crippen LogP contribution in [0, 0.1) is 0 Å². The van der Waals surface area contributed by atoms with E-state index in [0.717, 1.165) is 167 Å². The van der Waals surface area contributed by atoms with Crippen molar-refractivity contribution in [2.75, 3.05) is 13.2 Å². The molecule has 0 spiro atoms. The van der Waals surface area contributed by atoms with Gasteiger partial charge in [0.2, 0.25) is 0 Å². The highest BCUT2D eigenvalue weighted by atomic mass is 16.6. The number of ether oxygens (including phenoxy) is 3. The van der Waals surface area contributed by atoms with E-state index in [2.05, 4.69) is 191 Å². The lowest BCUT2D eigenvalue weighted by atomic mass is 10.1. The minimum Gasteiger partial charge on any atom is -0.462 e.